The molecule has 0 radical (unpaired) electrons. The van der Waals surface area contributed by atoms with Crippen LogP contribution in [0.5, 0.6) is 0 Å². The molecule has 8 nitrogen and oxygen atoms in total. The van der Waals surface area contributed by atoms with Crippen LogP contribution in [0.25, 0.3) is 0 Å². The maximum absolute atomic E-state index is 12.9. The topological polar surface area (TPSA) is 106 Å². The van der Waals surface area contributed by atoms with Gasteiger partial charge in [0.05, 0.1) is 17.1 Å². The molecule has 31 heavy (non-hydrogen) atoms. The first-order chi connectivity index (χ1) is 15.0. The second kappa shape index (κ2) is 9.30. The fraction of sp³-hybridized carbons (Fsp3) is 0.318. The summed E-state index contributed by atoms with van der Waals surface area (Å²) >= 11 is 1.53. The Morgan fingerprint density at radius 3 is 2.71 bits per heavy atom. The minimum absolute atomic E-state index is 0.213. The third-order valence-corrected chi connectivity index (χ3v) is 6.31. The molecule has 1 aromatic carbocycles. The number of nitrogens with zero attached hydrogens (tertiary/aromatic N) is 3. The first kappa shape index (κ1) is 21.0. The predicted octanol–water partition coefficient (Wildman–Crippen LogP) is 3.65. The number of hydrogen-bond acceptors (Lipinski definition) is 6. The molecule has 2 aromatic heterocycles. The van der Waals surface area contributed by atoms with E-state index in [2.05, 4.69) is 15.2 Å². The Labute approximate surface area is 184 Å². The first-order valence-electron chi connectivity index (χ1n) is 10.2. The lowest BCUT2D eigenvalue weighted by Crippen LogP contribution is -2.30. The number of imidazole rings is 1. The maximum atomic E-state index is 12.9. The van der Waals surface area contributed by atoms with Crippen LogP contribution in [-0.4, -0.2) is 34.5 Å². The summed E-state index contributed by atoms with van der Waals surface area (Å²) in [6.45, 7) is 1.82. The molecule has 9 heteroatoms. The van der Waals surface area contributed by atoms with Crippen LogP contribution in [0, 0.1) is 0 Å². The van der Waals surface area contributed by atoms with E-state index in [-0.39, 0.29) is 11.7 Å². The molecule has 0 aliphatic carbocycles. The Kier molecular flexibility index (Phi) is 6.31. The third kappa shape index (κ3) is 4.93. The molecule has 162 valence electrons. The van der Waals surface area contributed by atoms with Crippen molar-refractivity contribution < 1.29 is 14.0 Å². The highest BCUT2D eigenvalue weighted by Gasteiger charge is 2.19. The molecule has 3 N–H and O–H groups in total. The van der Waals surface area contributed by atoms with Gasteiger partial charge >= 0.3 is 0 Å². The zero-order valence-electron chi connectivity index (χ0n) is 17.3. The van der Waals surface area contributed by atoms with Gasteiger partial charge < -0.3 is 24.9 Å². The standard InChI is InChI=1S/C22H25N5O3S/c1-26-12-9-24-22(26)31-14-16-6-8-19(30-16)21(29)25-17-13-15(20(23)28)5-7-18(17)27-10-3-2-4-11-27/h5-9,12-13H,2-4,10-11,14H2,1H3,(H2,23,28)(H,25,29). The number of thioether (sulfide) groups is 1. The number of hydrogen-bond donors (Lipinski definition) is 2. The lowest BCUT2D eigenvalue weighted by molar-refractivity contribution is 0.0987. The number of rotatable bonds is 7. The number of furan rings is 1. The van der Waals surface area contributed by atoms with Gasteiger partial charge in [-0.25, -0.2) is 4.98 Å². The summed E-state index contributed by atoms with van der Waals surface area (Å²) in [6.07, 6.45) is 7.01. The van der Waals surface area contributed by atoms with Crippen molar-refractivity contribution in [1.29, 1.82) is 0 Å². The highest BCUT2D eigenvalue weighted by atomic mass is 32.2. The van der Waals surface area contributed by atoms with Crippen LogP contribution in [0.2, 0.25) is 0 Å². The zero-order valence-corrected chi connectivity index (χ0v) is 18.2. The van der Waals surface area contributed by atoms with E-state index in [9.17, 15) is 9.59 Å². The number of anilines is 2. The van der Waals surface area contributed by atoms with Crippen molar-refractivity contribution in [2.75, 3.05) is 23.3 Å². The third-order valence-electron chi connectivity index (χ3n) is 5.23. The Hall–Kier alpha value is -3.20. The van der Waals surface area contributed by atoms with Crippen LogP contribution in [0.4, 0.5) is 11.4 Å². The average Bonchev–Trinajstić information content (AvgIpc) is 3.41. The Bertz CT molecular complexity index is 1080. The number of nitrogens with one attached hydrogen (secondary N) is 1. The number of primary amides is 1. The lowest BCUT2D eigenvalue weighted by Gasteiger charge is -2.30. The molecule has 0 bridgehead atoms. The van der Waals surface area contributed by atoms with E-state index >= 15 is 0 Å². The summed E-state index contributed by atoms with van der Waals surface area (Å²) in [6, 6.07) is 8.61. The van der Waals surface area contributed by atoms with Crippen LogP contribution in [0.3, 0.4) is 0 Å². The molecule has 1 aliphatic rings. The summed E-state index contributed by atoms with van der Waals surface area (Å²) in [4.78, 5) is 31.0. The molecule has 0 saturated carbocycles. The average molecular weight is 440 g/mol. The molecule has 2 amide bonds. The second-order valence-corrected chi connectivity index (χ2v) is 8.42. The summed E-state index contributed by atoms with van der Waals surface area (Å²) in [5, 5.41) is 3.78. The highest BCUT2D eigenvalue weighted by molar-refractivity contribution is 7.98. The van der Waals surface area contributed by atoms with E-state index in [0.29, 0.717) is 22.8 Å². The van der Waals surface area contributed by atoms with Crippen LogP contribution < -0.4 is 16.0 Å². The summed E-state index contributed by atoms with van der Waals surface area (Å²) < 4.78 is 7.67. The minimum atomic E-state index is -0.535. The van der Waals surface area contributed by atoms with Gasteiger partial charge in [-0.15, -0.1) is 0 Å². The molecule has 1 aliphatic heterocycles. The van der Waals surface area contributed by atoms with Crippen LogP contribution in [-0.2, 0) is 12.8 Å². The Morgan fingerprint density at radius 2 is 2.00 bits per heavy atom. The van der Waals surface area contributed by atoms with Crippen molar-refractivity contribution in [3.8, 4) is 0 Å². The molecule has 0 spiro atoms. The van der Waals surface area contributed by atoms with Crippen molar-refractivity contribution in [2.24, 2.45) is 12.8 Å². The van der Waals surface area contributed by atoms with Crippen molar-refractivity contribution >= 4 is 35.0 Å². The zero-order chi connectivity index (χ0) is 21.8. The van der Waals surface area contributed by atoms with Crippen LogP contribution >= 0.6 is 11.8 Å². The van der Waals surface area contributed by atoms with Gasteiger partial charge in [0.15, 0.2) is 10.9 Å². The molecule has 3 aromatic rings. The molecule has 1 fully saturated rings. The number of aryl methyl sites for hydroxylation is 1. The van der Waals surface area contributed by atoms with Gasteiger partial charge in [0.2, 0.25) is 5.91 Å². The normalized spacial score (nSPS) is 13.9. The molecule has 0 unspecified atom stereocenters. The maximum Gasteiger partial charge on any atom is 0.291 e. The monoisotopic (exact) mass is 439 g/mol. The number of aromatic nitrogens is 2. The van der Waals surface area contributed by atoms with Gasteiger partial charge in [-0.2, -0.15) is 0 Å². The van der Waals surface area contributed by atoms with Crippen molar-refractivity contribution in [2.45, 2.75) is 30.2 Å². The molecule has 0 atom stereocenters. The van der Waals surface area contributed by atoms with Crippen molar-refractivity contribution in [3.05, 3.63) is 59.8 Å². The van der Waals surface area contributed by atoms with Gasteiger partial charge in [0.1, 0.15) is 5.76 Å². The van der Waals surface area contributed by atoms with E-state index < -0.39 is 5.91 Å². The summed E-state index contributed by atoms with van der Waals surface area (Å²) in [7, 11) is 1.93. The van der Waals surface area contributed by atoms with E-state index in [1.165, 1.54) is 18.2 Å². The van der Waals surface area contributed by atoms with Gasteiger partial charge in [0, 0.05) is 38.1 Å². The second-order valence-electron chi connectivity index (χ2n) is 7.47. The smallest absolute Gasteiger partial charge is 0.291 e. The van der Waals surface area contributed by atoms with E-state index in [1.807, 2.05) is 23.9 Å². The first-order valence-corrected chi connectivity index (χ1v) is 11.2. The molecule has 3 heterocycles. The predicted molar refractivity (Wildman–Crippen MR) is 120 cm³/mol. The fourth-order valence-electron chi connectivity index (χ4n) is 3.59. The number of amides is 2. The Morgan fingerprint density at radius 1 is 1.19 bits per heavy atom. The van der Waals surface area contributed by atoms with Gasteiger partial charge in [-0.1, -0.05) is 11.8 Å². The molecule has 4 rings (SSSR count). The number of nitrogens with two attached hydrogens (primary N) is 1. The van der Waals surface area contributed by atoms with E-state index in [1.54, 1.807) is 30.5 Å². The number of piperidine rings is 1. The number of carbonyl (C=O) groups is 2. The lowest BCUT2D eigenvalue weighted by atomic mass is 10.1. The van der Waals surface area contributed by atoms with E-state index in [0.717, 1.165) is 36.8 Å². The quantitative estimate of drug-likeness (QED) is 0.544. The van der Waals surface area contributed by atoms with Crippen LogP contribution in [0.15, 0.2) is 52.3 Å². The molecular weight excluding hydrogens is 414 g/mol. The highest BCUT2D eigenvalue weighted by Crippen LogP contribution is 2.30. The number of carbonyl (C=O) groups excluding carboxylic acids is 2. The summed E-state index contributed by atoms with van der Waals surface area (Å²) in [5.74, 6) is 0.555. The minimum Gasteiger partial charge on any atom is -0.455 e. The van der Waals surface area contributed by atoms with Crippen molar-refractivity contribution in [3.63, 3.8) is 0 Å². The van der Waals surface area contributed by atoms with E-state index in [4.69, 9.17) is 10.2 Å². The largest absolute Gasteiger partial charge is 0.455 e. The molecular formula is C22H25N5O3S. The van der Waals surface area contributed by atoms with Crippen molar-refractivity contribution in [1.82, 2.24) is 9.55 Å². The Balaban J connectivity index is 1.49. The summed E-state index contributed by atoms with van der Waals surface area (Å²) in [5.41, 5.74) is 7.24. The fourth-order valence-corrected chi connectivity index (χ4v) is 4.41. The van der Waals surface area contributed by atoms with Gasteiger partial charge in [-0.05, 0) is 49.6 Å². The van der Waals surface area contributed by atoms with Gasteiger partial charge in [-0.3, -0.25) is 9.59 Å². The SMILES string of the molecule is Cn1ccnc1SCc1ccc(C(=O)Nc2cc(C(N)=O)ccc2N2CCCCC2)o1. The molecule has 1 saturated heterocycles. The van der Waals surface area contributed by atoms with Crippen LogP contribution in [0.1, 0.15) is 45.9 Å². The number of benzene rings is 1. The van der Waals surface area contributed by atoms with Gasteiger partial charge in [0.25, 0.3) is 5.91 Å².